The lowest BCUT2D eigenvalue weighted by Gasteiger charge is -2.02. The van der Waals surface area contributed by atoms with E-state index in [9.17, 15) is 10.1 Å². The molecule has 0 amide bonds. The van der Waals surface area contributed by atoms with E-state index in [1.165, 1.54) is 18.3 Å². The highest BCUT2D eigenvalue weighted by Gasteiger charge is 2.14. The summed E-state index contributed by atoms with van der Waals surface area (Å²) in [5, 5.41) is 11.2. The molecule has 0 saturated heterocycles. The number of hydrogen-bond donors (Lipinski definition) is 1. The minimum absolute atomic E-state index is 0.0673. The van der Waals surface area contributed by atoms with Crippen molar-refractivity contribution in [1.29, 1.82) is 0 Å². The van der Waals surface area contributed by atoms with Crippen molar-refractivity contribution >= 4 is 29.2 Å². The Hall–Kier alpha value is -2.40. The molecular weight excluding hydrogens is 278 g/mol. The van der Waals surface area contributed by atoms with Crippen LogP contribution in [0.2, 0.25) is 5.02 Å². The fourth-order valence-electron chi connectivity index (χ4n) is 1.73. The maximum atomic E-state index is 10.9. The molecule has 6 heteroatoms. The first-order valence-electron chi connectivity index (χ1n) is 5.85. The van der Waals surface area contributed by atoms with Gasteiger partial charge in [0, 0.05) is 18.0 Å². The van der Waals surface area contributed by atoms with E-state index in [4.69, 9.17) is 17.3 Å². The molecule has 0 heterocycles. The zero-order valence-electron chi connectivity index (χ0n) is 10.5. The number of halogens is 1. The predicted octanol–water partition coefficient (Wildman–Crippen LogP) is 3.45. The Morgan fingerprint density at radius 1 is 1.25 bits per heavy atom. The second kappa shape index (κ2) is 6.16. The molecule has 2 aromatic carbocycles. The van der Waals surface area contributed by atoms with Crippen LogP contribution < -0.4 is 5.73 Å². The van der Waals surface area contributed by atoms with Crippen LogP contribution >= 0.6 is 11.6 Å². The lowest BCUT2D eigenvalue weighted by molar-refractivity contribution is -0.385. The van der Waals surface area contributed by atoms with Crippen LogP contribution in [-0.2, 0) is 6.54 Å². The summed E-state index contributed by atoms with van der Waals surface area (Å²) in [7, 11) is 0. The molecule has 0 atom stereocenters. The van der Waals surface area contributed by atoms with Gasteiger partial charge in [0.25, 0.3) is 5.69 Å². The second-order valence-corrected chi connectivity index (χ2v) is 4.51. The average Bonchev–Trinajstić information content (AvgIpc) is 2.42. The molecular formula is C14H12ClN3O2. The lowest BCUT2D eigenvalue weighted by atomic mass is 10.2. The normalized spacial score (nSPS) is 10.8. The minimum Gasteiger partial charge on any atom is -0.398 e. The van der Waals surface area contributed by atoms with E-state index in [2.05, 4.69) is 4.99 Å². The number of nitrogens with two attached hydrogens (primary N) is 1. The Kier molecular flexibility index (Phi) is 4.32. The number of nitro groups is 1. The van der Waals surface area contributed by atoms with Gasteiger partial charge in [0.15, 0.2) is 0 Å². The van der Waals surface area contributed by atoms with Gasteiger partial charge in [-0.2, -0.15) is 0 Å². The van der Waals surface area contributed by atoms with E-state index < -0.39 is 4.92 Å². The first-order chi connectivity index (χ1) is 9.59. The van der Waals surface area contributed by atoms with Gasteiger partial charge in [0.05, 0.1) is 22.1 Å². The molecule has 0 unspecified atom stereocenters. The molecule has 5 nitrogen and oxygen atoms in total. The first kappa shape index (κ1) is 14.0. The SMILES string of the molecule is Nc1ccccc1CN=Cc1c(Cl)cccc1[N+](=O)[O-]. The zero-order valence-corrected chi connectivity index (χ0v) is 11.2. The number of nitro benzene ring substituents is 1. The molecule has 0 fully saturated rings. The fourth-order valence-corrected chi connectivity index (χ4v) is 1.94. The highest BCUT2D eigenvalue weighted by molar-refractivity contribution is 6.33. The van der Waals surface area contributed by atoms with Gasteiger partial charge >= 0.3 is 0 Å². The average molecular weight is 290 g/mol. The summed E-state index contributed by atoms with van der Waals surface area (Å²) >= 11 is 5.97. The smallest absolute Gasteiger partial charge is 0.279 e. The first-order valence-corrected chi connectivity index (χ1v) is 6.23. The third-order valence-electron chi connectivity index (χ3n) is 2.76. The highest BCUT2D eigenvalue weighted by Crippen LogP contribution is 2.24. The van der Waals surface area contributed by atoms with Crippen LogP contribution in [0.1, 0.15) is 11.1 Å². The Labute approximate surface area is 120 Å². The van der Waals surface area contributed by atoms with Crippen LogP contribution in [0.25, 0.3) is 0 Å². The van der Waals surface area contributed by atoms with Crippen molar-refractivity contribution in [1.82, 2.24) is 0 Å². The second-order valence-electron chi connectivity index (χ2n) is 4.10. The minimum atomic E-state index is -0.482. The van der Waals surface area contributed by atoms with Gasteiger partial charge in [-0.25, -0.2) is 0 Å². The Morgan fingerprint density at radius 3 is 2.70 bits per heavy atom. The van der Waals surface area contributed by atoms with Gasteiger partial charge in [-0.15, -0.1) is 0 Å². The number of nitrogen functional groups attached to an aromatic ring is 1. The van der Waals surface area contributed by atoms with Crippen LogP contribution in [0.4, 0.5) is 11.4 Å². The van der Waals surface area contributed by atoms with Gasteiger partial charge in [-0.1, -0.05) is 35.9 Å². The van der Waals surface area contributed by atoms with E-state index in [1.807, 2.05) is 18.2 Å². The monoisotopic (exact) mass is 289 g/mol. The fraction of sp³-hybridized carbons (Fsp3) is 0.0714. The maximum absolute atomic E-state index is 10.9. The highest BCUT2D eigenvalue weighted by atomic mass is 35.5. The number of hydrogen-bond acceptors (Lipinski definition) is 4. The number of nitrogens with zero attached hydrogens (tertiary/aromatic N) is 2. The molecule has 102 valence electrons. The number of anilines is 1. The van der Waals surface area contributed by atoms with Gasteiger partial charge < -0.3 is 5.73 Å². The lowest BCUT2D eigenvalue weighted by Crippen LogP contribution is -1.96. The number of para-hydroxylation sites is 1. The van der Waals surface area contributed by atoms with E-state index in [0.29, 0.717) is 22.8 Å². The molecule has 0 radical (unpaired) electrons. The summed E-state index contributed by atoms with van der Waals surface area (Å²) in [4.78, 5) is 14.6. The van der Waals surface area contributed by atoms with E-state index in [1.54, 1.807) is 12.1 Å². The van der Waals surface area contributed by atoms with Crippen molar-refractivity contribution in [3.05, 3.63) is 68.7 Å². The Morgan fingerprint density at radius 2 is 2.00 bits per heavy atom. The number of aliphatic imine (C=N–C) groups is 1. The third kappa shape index (κ3) is 3.13. The van der Waals surface area contributed by atoms with Gasteiger partial charge in [-0.05, 0) is 17.7 Å². The standard InChI is InChI=1S/C14H12ClN3O2/c15-12-5-3-7-14(18(19)20)11(12)9-17-8-10-4-1-2-6-13(10)16/h1-7,9H,8,16H2. The predicted molar refractivity (Wildman–Crippen MR) is 80.3 cm³/mol. The quantitative estimate of drug-likeness (QED) is 0.405. The summed E-state index contributed by atoms with van der Waals surface area (Å²) in [6.45, 7) is 0.342. The van der Waals surface area contributed by atoms with Crippen molar-refractivity contribution in [3.63, 3.8) is 0 Å². The summed E-state index contributed by atoms with van der Waals surface area (Å²) in [6.07, 6.45) is 1.41. The van der Waals surface area contributed by atoms with Crippen molar-refractivity contribution in [3.8, 4) is 0 Å². The van der Waals surface area contributed by atoms with Crippen molar-refractivity contribution in [2.24, 2.45) is 4.99 Å². The van der Waals surface area contributed by atoms with Crippen molar-refractivity contribution in [2.45, 2.75) is 6.54 Å². The van der Waals surface area contributed by atoms with Crippen LogP contribution in [0.5, 0.6) is 0 Å². The molecule has 0 aliphatic rings. The van der Waals surface area contributed by atoms with Crippen molar-refractivity contribution in [2.75, 3.05) is 5.73 Å². The van der Waals surface area contributed by atoms with E-state index in [0.717, 1.165) is 5.56 Å². The van der Waals surface area contributed by atoms with Gasteiger partial charge in [0.2, 0.25) is 0 Å². The third-order valence-corrected chi connectivity index (χ3v) is 3.09. The van der Waals surface area contributed by atoms with Gasteiger partial charge in [0.1, 0.15) is 0 Å². The number of rotatable bonds is 4. The number of benzene rings is 2. The van der Waals surface area contributed by atoms with Crippen LogP contribution in [0.3, 0.4) is 0 Å². The van der Waals surface area contributed by atoms with Gasteiger partial charge in [-0.3, -0.25) is 15.1 Å². The summed E-state index contributed by atoms with van der Waals surface area (Å²) in [5.74, 6) is 0. The molecule has 20 heavy (non-hydrogen) atoms. The Balaban J connectivity index is 2.24. The molecule has 2 N–H and O–H groups in total. The summed E-state index contributed by atoms with van der Waals surface area (Å²) in [5.41, 5.74) is 7.53. The zero-order chi connectivity index (χ0) is 14.5. The van der Waals surface area contributed by atoms with Crippen molar-refractivity contribution < 1.29 is 4.92 Å². The molecule has 0 saturated carbocycles. The summed E-state index contributed by atoms with van der Waals surface area (Å²) < 4.78 is 0. The van der Waals surface area contributed by atoms with Crippen LogP contribution in [0, 0.1) is 10.1 Å². The van der Waals surface area contributed by atoms with Crippen LogP contribution in [-0.4, -0.2) is 11.1 Å². The Bertz CT molecular complexity index is 671. The van der Waals surface area contributed by atoms with E-state index >= 15 is 0 Å². The topological polar surface area (TPSA) is 81.5 Å². The molecule has 2 rings (SSSR count). The molecule has 0 bridgehead atoms. The molecule has 0 spiro atoms. The maximum Gasteiger partial charge on any atom is 0.279 e. The van der Waals surface area contributed by atoms with E-state index in [-0.39, 0.29) is 5.69 Å². The summed E-state index contributed by atoms with van der Waals surface area (Å²) in [6, 6.07) is 11.8. The molecule has 0 aliphatic heterocycles. The molecule has 0 aliphatic carbocycles. The molecule has 2 aromatic rings. The van der Waals surface area contributed by atoms with Crippen LogP contribution in [0.15, 0.2) is 47.5 Å². The largest absolute Gasteiger partial charge is 0.398 e. The molecule has 0 aromatic heterocycles.